The second-order valence-corrected chi connectivity index (χ2v) is 7.34. The van der Waals surface area contributed by atoms with Gasteiger partial charge in [-0.3, -0.25) is 14.7 Å². The molecule has 1 saturated heterocycles. The molecule has 1 aliphatic rings. The van der Waals surface area contributed by atoms with Gasteiger partial charge in [0.2, 0.25) is 5.91 Å². The third kappa shape index (κ3) is 3.48. The number of nitrogens with zero attached hydrogens (tertiary/aromatic N) is 4. The summed E-state index contributed by atoms with van der Waals surface area (Å²) in [6.45, 7) is 0.598. The van der Waals surface area contributed by atoms with Crippen molar-refractivity contribution >= 4 is 22.6 Å². The smallest absolute Gasteiger partial charge is 0.228 e. The van der Waals surface area contributed by atoms with Crippen molar-refractivity contribution in [3.8, 4) is 28.3 Å². The Bertz CT molecular complexity index is 1280. The van der Waals surface area contributed by atoms with Crippen molar-refractivity contribution in [3.63, 3.8) is 0 Å². The van der Waals surface area contributed by atoms with Crippen LogP contribution >= 0.6 is 0 Å². The molecule has 31 heavy (non-hydrogen) atoms. The number of carbonyl (C=O) groups is 1. The first-order valence-electron chi connectivity index (χ1n) is 10.0. The number of methoxy groups -OCH3 is 1. The maximum Gasteiger partial charge on any atom is 0.228 e. The van der Waals surface area contributed by atoms with Gasteiger partial charge in [-0.1, -0.05) is 12.1 Å². The van der Waals surface area contributed by atoms with Gasteiger partial charge in [0.25, 0.3) is 0 Å². The van der Waals surface area contributed by atoms with Crippen LogP contribution in [0.1, 0.15) is 12.8 Å². The number of anilines is 1. The summed E-state index contributed by atoms with van der Waals surface area (Å²) in [5, 5.41) is 0.710. The standard InChI is InChI=1S/C24H19FN4O2/c1-31-20-13-17(15-6-8-18(25)9-7-15)12-19-22(20)27-23(16-4-2-10-26-14-16)28-24(19)29-11-3-5-21(29)30/h2,4,6-10,12-14H,3,5,11H2,1H3. The van der Waals surface area contributed by atoms with Gasteiger partial charge in [0.15, 0.2) is 5.82 Å². The lowest BCUT2D eigenvalue weighted by atomic mass is 10.0. The number of hydrogen-bond donors (Lipinski definition) is 0. The van der Waals surface area contributed by atoms with E-state index in [2.05, 4.69) is 4.98 Å². The number of ether oxygens (including phenoxy) is 1. The first-order chi connectivity index (χ1) is 15.1. The van der Waals surface area contributed by atoms with Gasteiger partial charge in [-0.2, -0.15) is 0 Å². The molecule has 0 spiro atoms. The summed E-state index contributed by atoms with van der Waals surface area (Å²) in [5.41, 5.74) is 3.02. The Morgan fingerprint density at radius 1 is 1.03 bits per heavy atom. The lowest BCUT2D eigenvalue weighted by Gasteiger charge is -2.19. The molecule has 4 aromatic rings. The molecule has 154 valence electrons. The highest BCUT2D eigenvalue weighted by Gasteiger charge is 2.27. The molecule has 0 atom stereocenters. The van der Waals surface area contributed by atoms with Crippen LogP contribution in [0.4, 0.5) is 10.2 Å². The van der Waals surface area contributed by atoms with Crippen LogP contribution in [-0.4, -0.2) is 34.5 Å². The highest BCUT2D eigenvalue weighted by Crippen LogP contribution is 2.38. The molecule has 2 aromatic carbocycles. The van der Waals surface area contributed by atoms with Crippen molar-refractivity contribution in [1.29, 1.82) is 0 Å². The molecule has 6 nitrogen and oxygen atoms in total. The summed E-state index contributed by atoms with van der Waals surface area (Å²) in [7, 11) is 1.58. The topological polar surface area (TPSA) is 68.2 Å². The zero-order valence-corrected chi connectivity index (χ0v) is 16.9. The Morgan fingerprint density at radius 2 is 1.87 bits per heavy atom. The molecule has 0 N–H and O–H groups in total. The number of halogens is 1. The Hall–Kier alpha value is -3.87. The zero-order chi connectivity index (χ0) is 21.4. The highest BCUT2D eigenvalue weighted by atomic mass is 19.1. The lowest BCUT2D eigenvalue weighted by molar-refractivity contribution is -0.117. The van der Waals surface area contributed by atoms with E-state index >= 15 is 0 Å². The van der Waals surface area contributed by atoms with E-state index in [9.17, 15) is 9.18 Å². The van der Waals surface area contributed by atoms with Gasteiger partial charge < -0.3 is 4.74 Å². The molecule has 3 heterocycles. The van der Waals surface area contributed by atoms with Gasteiger partial charge in [-0.15, -0.1) is 0 Å². The molecule has 0 radical (unpaired) electrons. The quantitative estimate of drug-likeness (QED) is 0.487. The van der Waals surface area contributed by atoms with Crippen LogP contribution in [0.5, 0.6) is 5.75 Å². The molecular weight excluding hydrogens is 395 g/mol. The molecule has 5 rings (SSSR count). The number of hydrogen-bond acceptors (Lipinski definition) is 5. The molecular formula is C24H19FN4O2. The average molecular weight is 414 g/mol. The summed E-state index contributed by atoms with van der Waals surface area (Å²) in [4.78, 5) is 28.0. The minimum absolute atomic E-state index is 0.0308. The molecule has 0 aliphatic carbocycles. The second kappa shape index (κ2) is 7.75. The van der Waals surface area contributed by atoms with Crippen molar-refractivity contribution in [3.05, 3.63) is 66.7 Å². The van der Waals surface area contributed by atoms with Crippen LogP contribution < -0.4 is 9.64 Å². The minimum Gasteiger partial charge on any atom is -0.494 e. The molecule has 1 fully saturated rings. The predicted molar refractivity (Wildman–Crippen MR) is 116 cm³/mol. The van der Waals surface area contributed by atoms with Gasteiger partial charge in [0.05, 0.1) is 7.11 Å². The Labute approximate surface area is 178 Å². The first kappa shape index (κ1) is 19.1. The first-order valence-corrected chi connectivity index (χ1v) is 10.0. The molecule has 2 aromatic heterocycles. The zero-order valence-electron chi connectivity index (χ0n) is 16.9. The van der Waals surface area contributed by atoms with Crippen LogP contribution in [-0.2, 0) is 4.79 Å². The molecule has 0 bridgehead atoms. The third-order valence-electron chi connectivity index (χ3n) is 5.39. The number of pyridine rings is 1. The van der Waals surface area contributed by atoms with Crippen LogP contribution in [0.3, 0.4) is 0 Å². The fourth-order valence-electron chi connectivity index (χ4n) is 3.85. The van der Waals surface area contributed by atoms with E-state index in [1.54, 1.807) is 36.5 Å². The van der Waals surface area contributed by atoms with E-state index < -0.39 is 0 Å². The third-order valence-corrected chi connectivity index (χ3v) is 5.39. The summed E-state index contributed by atoms with van der Waals surface area (Å²) < 4.78 is 19.1. The molecule has 7 heteroatoms. The lowest BCUT2D eigenvalue weighted by Crippen LogP contribution is -2.25. The maximum absolute atomic E-state index is 13.4. The van der Waals surface area contributed by atoms with Gasteiger partial charge >= 0.3 is 0 Å². The average Bonchev–Trinajstić information content (AvgIpc) is 3.24. The SMILES string of the molecule is COc1cc(-c2ccc(F)cc2)cc2c(N3CCCC3=O)nc(-c3cccnc3)nc12. The number of rotatable bonds is 4. The number of fused-ring (bicyclic) bond motifs is 1. The molecule has 0 unspecified atom stereocenters. The summed E-state index contributed by atoms with van der Waals surface area (Å²) >= 11 is 0. The molecule has 1 aliphatic heterocycles. The van der Waals surface area contributed by atoms with Crippen LogP contribution in [0, 0.1) is 5.82 Å². The van der Waals surface area contributed by atoms with E-state index in [1.807, 2.05) is 24.3 Å². The van der Waals surface area contributed by atoms with Crippen molar-refractivity contribution in [2.45, 2.75) is 12.8 Å². The number of carbonyl (C=O) groups excluding carboxylic acids is 1. The van der Waals surface area contributed by atoms with E-state index in [4.69, 9.17) is 14.7 Å². The van der Waals surface area contributed by atoms with Crippen molar-refractivity contribution in [1.82, 2.24) is 15.0 Å². The van der Waals surface area contributed by atoms with Crippen LogP contribution in [0.2, 0.25) is 0 Å². The Kier molecular flexibility index (Phi) is 4.78. The number of aromatic nitrogens is 3. The molecule has 0 saturated carbocycles. The Morgan fingerprint density at radius 3 is 2.55 bits per heavy atom. The van der Waals surface area contributed by atoms with Gasteiger partial charge in [-0.05, 0) is 53.9 Å². The minimum atomic E-state index is -0.302. The van der Waals surface area contributed by atoms with E-state index in [-0.39, 0.29) is 11.7 Å². The van der Waals surface area contributed by atoms with E-state index in [0.29, 0.717) is 41.3 Å². The number of amides is 1. The van der Waals surface area contributed by atoms with Crippen molar-refractivity contribution < 1.29 is 13.9 Å². The monoisotopic (exact) mass is 414 g/mol. The molecule has 1 amide bonds. The maximum atomic E-state index is 13.4. The van der Waals surface area contributed by atoms with E-state index in [1.165, 1.54) is 12.1 Å². The van der Waals surface area contributed by atoms with Gasteiger partial charge in [0, 0.05) is 36.3 Å². The predicted octanol–water partition coefficient (Wildman–Crippen LogP) is 4.63. The van der Waals surface area contributed by atoms with E-state index in [0.717, 1.165) is 23.1 Å². The fraction of sp³-hybridized carbons (Fsp3) is 0.167. The highest BCUT2D eigenvalue weighted by molar-refractivity contribution is 6.05. The van der Waals surface area contributed by atoms with Crippen LogP contribution in [0.15, 0.2) is 60.9 Å². The second-order valence-electron chi connectivity index (χ2n) is 7.34. The summed E-state index contributed by atoms with van der Waals surface area (Å²) in [6, 6.07) is 13.7. The normalized spacial score (nSPS) is 13.7. The van der Waals surface area contributed by atoms with Crippen LogP contribution in [0.25, 0.3) is 33.4 Å². The Balaban J connectivity index is 1.79. The largest absolute Gasteiger partial charge is 0.494 e. The number of benzene rings is 2. The summed E-state index contributed by atoms with van der Waals surface area (Å²) in [5.74, 6) is 1.31. The summed E-state index contributed by atoms with van der Waals surface area (Å²) in [6.07, 6.45) is 4.64. The van der Waals surface area contributed by atoms with Crippen molar-refractivity contribution in [2.75, 3.05) is 18.6 Å². The van der Waals surface area contributed by atoms with Gasteiger partial charge in [-0.25, -0.2) is 14.4 Å². The van der Waals surface area contributed by atoms with Crippen molar-refractivity contribution in [2.24, 2.45) is 0 Å². The van der Waals surface area contributed by atoms with Gasteiger partial charge in [0.1, 0.15) is 22.9 Å². The fourth-order valence-corrected chi connectivity index (χ4v) is 3.85.